The molecule has 3 rings (SSSR count). The van der Waals surface area contributed by atoms with Gasteiger partial charge >= 0.3 is 0 Å². The lowest BCUT2D eigenvalue weighted by Crippen LogP contribution is -2.60. The second kappa shape index (κ2) is 6.38. The first kappa shape index (κ1) is 16.7. The number of hydrogen-bond acceptors (Lipinski definition) is 9. The maximum atomic E-state index is 11.7. The van der Waals surface area contributed by atoms with Gasteiger partial charge in [0.05, 0.1) is 12.9 Å². The normalized spacial score (nSPS) is 30.4. The van der Waals surface area contributed by atoms with Gasteiger partial charge in [0.2, 0.25) is 6.29 Å². The van der Waals surface area contributed by atoms with Gasteiger partial charge in [-0.1, -0.05) is 0 Å². The molecule has 0 amide bonds. The molecule has 0 unspecified atom stereocenters. The number of aliphatic hydroxyl groups is 4. The molecule has 5 N–H and O–H groups in total. The van der Waals surface area contributed by atoms with Gasteiger partial charge in [0.15, 0.2) is 5.43 Å². The highest BCUT2D eigenvalue weighted by atomic mass is 16.7. The predicted octanol–water partition coefficient (Wildman–Crippen LogP) is -1.32. The first-order valence-electron chi connectivity index (χ1n) is 7.14. The van der Waals surface area contributed by atoms with Crippen molar-refractivity contribution in [3.05, 3.63) is 34.7 Å². The summed E-state index contributed by atoms with van der Waals surface area (Å²) < 4.78 is 15.7. The number of ether oxygens (including phenoxy) is 2. The van der Waals surface area contributed by atoms with E-state index in [0.29, 0.717) is 0 Å². The van der Waals surface area contributed by atoms with Crippen molar-refractivity contribution in [3.63, 3.8) is 0 Å². The Morgan fingerprint density at radius 2 is 1.88 bits per heavy atom. The molecule has 0 saturated carbocycles. The molecular formula is C15H16O9. The van der Waals surface area contributed by atoms with Gasteiger partial charge in [0, 0.05) is 18.2 Å². The second-order valence-corrected chi connectivity index (χ2v) is 5.42. The molecule has 0 radical (unpaired) electrons. The van der Waals surface area contributed by atoms with Crippen molar-refractivity contribution in [2.75, 3.05) is 6.61 Å². The highest BCUT2D eigenvalue weighted by Crippen LogP contribution is 2.30. The predicted molar refractivity (Wildman–Crippen MR) is 78.5 cm³/mol. The van der Waals surface area contributed by atoms with Gasteiger partial charge in [-0.15, -0.1) is 0 Å². The van der Waals surface area contributed by atoms with Gasteiger partial charge in [-0.05, 0) is 0 Å². The SMILES string of the molecule is O=c1ccoc2cc(O[C@@H]3O[C@H](CO)[C@@H](O)[C@H](O)[C@H]3O)cc(O)c12. The van der Waals surface area contributed by atoms with Crippen LogP contribution in [0, 0.1) is 0 Å². The summed E-state index contributed by atoms with van der Waals surface area (Å²) in [6.07, 6.45) is -6.07. The van der Waals surface area contributed by atoms with Crippen LogP contribution in [0.25, 0.3) is 11.0 Å². The lowest BCUT2D eigenvalue weighted by Gasteiger charge is -2.39. The summed E-state index contributed by atoms with van der Waals surface area (Å²) in [5.41, 5.74) is -0.379. The summed E-state index contributed by atoms with van der Waals surface area (Å²) in [5.74, 6) is -0.389. The number of hydrogen-bond donors (Lipinski definition) is 5. The maximum Gasteiger partial charge on any atom is 0.229 e. The fourth-order valence-corrected chi connectivity index (χ4v) is 2.54. The summed E-state index contributed by atoms with van der Waals surface area (Å²) in [7, 11) is 0. The van der Waals surface area contributed by atoms with E-state index in [0.717, 1.165) is 18.4 Å². The van der Waals surface area contributed by atoms with E-state index in [2.05, 4.69) is 0 Å². The van der Waals surface area contributed by atoms with Gasteiger partial charge in [-0.3, -0.25) is 4.79 Å². The van der Waals surface area contributed by atoms with E-state index in [1.54, 1.807) is 0 Å². The minimum Gasteiger partial charge on any atom is -0.507 e. The van der Waals surface area contributed by atoms with Gasteiger partial charge < -0.3 is 39.4 Å². The Kier molecular flexibility index (Phi) is 4.43. The third kappa shape index (κ3) is 2.83. The third-order valence-electron chi connectivity index (χ3n) is 3.82. The molecule has 1 saturated heterocycles. The third-order valence-corrected chi connectivity index (χ3v) is 3.82. The van der Waals surface area contributed by atoms with Crippen molar-refractivity contribution in [2.24, 2.45) is 0 Å². The molecule has 24 heavy (non-hydrogen) atoms. The molecule has 9 nitrogen and oxygen atoms in total. The largest absolute Gasteiger partial charge is 0.507 e. The van der Waals surface area contributed by atoms with Gasteiger partial charge in [0.25, 0.3) is 0 Å². The molecule has 2 aromatic rings. The zero-order valence-electron chi connectivity index (χ0n) is 12.3. The molecule has 1 aromatic carbocycles. The number of fused-ring (bicyclic) bond motifs is 1. The van der Waals surface area contributed by atoms with Crippen LogP contribution >= 0.6 is 0 Å². The van der Waals surface area contributed by atoms with Crippen LogP contribution in [0.1, 0.15) is 0 Å². The summed E-state index contributed by atoms with van der Waals surface area (Å²) in [5, 5.41) is 48.4. The zero-order valence-corrected chi connectivity index (χ0v) is 12.3. The van der Waals surface area contributed by atoms with Crippen molar-refractivity contribution in [3.8, 4) is 11.5 Å². The van der Waals surface area contributed by atoms with E-state index in [1.807, 2.05) is 0 Å². The number of rotatable bonds is 3. The van der Waals surface area contributed by atoms with Crippen molar-refractivity contribution in [1.82, 2.24) is 0 Å². The Balaban J connectivity index is 1.90. The summed E-state index contributed by atoms with van der Waals surface area (Å²) in [4.78, 5) is 11.7. The van der Waals surface area contributed by atoms with Crippen molar-refractivity contribution in [1.29, 1.82) is 0 Å². The van der Waals surface area contributed by atoms with E-state index in [-0.39, 0.29) is 22.5 Å². The van der Waals surface area contributed by atoms with Crippen LogP contribution in [0.5, 0.6) is 11.5 Å². The lowest BCUT2D eigenvalue weighted by atomic mass is 9.99. The van der Waals surface area contributed by atoms with Crippen molar-refractivity contribution >= 4 is 11.0 Å². The van der Waals surface area contributed by atoms with Crippen LogP contribution in [0.3, 0.4) is 0 Å². The van der Waals surface area contributed by atoms with E-state index in [1.165, 1.54) is 6.07 Å². The molecule has 9 heteroatoms. The number of aromatic hydroxyl groups is 1. The standard InChI is InChI=1S/C15H16O9/c16-5-10-12(19)13(20)14(21)15(24-10)23-6-3-8(18)11-7(17)1-2-22-9(11)4-6/h1-4,10,12-16,18-21H,5H2/t10-,12-,13+,14-,15-/m1/s1. The number of phenols is 1. The summed E-state index contributed by atoms with van der Waals surface area (Å²) in [6.45, 7) is -0.595. The van der Waals surface area contributed by atoms with Crippen molar-refractivity contribution in [2.45, 2.75) is 30.7 Å². The Labute approximate surface area is 134 Å². The number of phenolic OH excluding ortho intramolecular Hbond substituents is 1. The first-order chi connectivity index (χ1) is 11.4. The van der Waals surface area contributed by atoms with E-state index in [4.69, 9.17) is 19.0 Å². The molecule has 0 spiro atoms. The molecule has 0 aliphatic carbocycles. The topological polar surface area (TPSA) is 150 Å². The monoisotopic (exact) mass is 340 g/mol. The quantitative estimate of drug-likeness (QED) is 0.458. The summed E-state index contributed by atoms with van der Waals surface area (Å²) in [6, 6.07) is 3.58. The molecule has 5 atom stereocenters. The molecule has 1 fully saturated rings. The molecule has 2 heterocycles. The van der Waals surface area contributed by atoms with E-state index < -0.39 is 42.7 Å². The molecule has 1 aromatic heterocycles. The Morgan fingerprint density at radius 1 is 1.12 bits per heavy atom. The minimum atomic E-state index is -1.59. The molecule has 130 valence electrons. The lowest BCUT2D eigenvalue weighted by molar-refractivity contribution is -0.277. The van der Waals surface area contributed by atoms with Gasteiger partial charge in [-0.2, -0.15) is 0 Å². The van der Waals surface area contributed by atoms with Crippen LogP contribution in [0.15, 0.2) is 33.7 Å². The fraction of sp³-hybridized carbons (Fsp3) is 0.400. The highest BCUT2D eigenvalue weighted by Gasteiger charge is 2.44. The highest BCUT2D eigenvalue weighted by molar-refractivity contribution is 5.84. The molecule has 1 aliphatic heterocycles. The Bertz CT molecular complexity index is 784. The van der Waals surface area contributed by atoms with Crippen LogP contribution < -0.4 is 10.2 Å². The van der Waals surface area contributed by atoms with Crippen LogP contribution in [0.2, 0.25) is 0 Å². The van der Waals surface area contributed by atoms with Gasteiger partial charge in [-0.25, -0.2) is 0 Å². The Hall–Kier alpha value is -2.17. The maximum absolute atomic E-state index is 11.7. The number of benzene rings is 1. The Morgan fingerprint density at radius 3 is 2.58 bits per heavy atom. The smallest absolute Gasteiger partial charge is 0.229 e. The van der Waals surface area contributed by atoms with Crippen LogP contribution in [-0.2, 0) is 4.74 Å². The summed E-state index contributed by atoms with van der Waals surface area (Å²) >= 11 is 0. The van der Waals surface area contributed by atoms with E-state index in [9.17, 15) is 25.2 Å². The fourth-order valence-electron chi connectivity index (χ4n) is 2.54. The molecular weight excluding hydrogens is 324 g/mol. The average Bonchev–Trinajstić information content (AvgIpc) is 2.55. The molecule has 0 bridgehead atoms. The zero-order chi connectivity index (χ0) is 17.4. The van der Waals surface area contributed by atoms with Gasteiger partial charge in [0.1, 0.15) is 46.9 Å². The second-order valence-electron chi connectivity index (χ2n) is 5.42. The number of aliphatic hydroxyl groups excluding tert-OH is 4. The molecule has 1 aliphatic rings. The van der Waals surface area contributed by atoms with Crippen LogP contribution in [0.4, 0.5) is 0 Å². The van der Waals surface area contributed by atoms with E-state index >= 15 is 0 Å². The van der Waals surface area contributed by atoms with Crippen LogP contribution in [-0.4, -0.2) is 62.8 Å². The van der Waals surface area contributed by atoms with Crippen molar-refractivity contribution < 1.29 is 39.4 Å². The average molecular weight is 340 g/mol. The first-order valence-corrected chi connectivity index (χ1v) is 7.14. The minimum absolute atomic E-state index is 0.00122.